The quantitative estimate of drug-likeness (QED) is 0.468. The van der Waals surface area contributed by atoms with Gasteiger partial charge in [0.25, 0.3) is 0 Å². The van der Waals surface area contributed by atoms with Gasteiger partial charge in [-0.05, 0) is 39.5 Å². The van der Waals surface area contributed by atoms with E-state index in [1.54, 1.807) is 23.1 Å². The Hall–Kier alpha value is -0.0400. The molecule has 0 saturated carbocycles. The van der Waals surface area contributed by atoms with Gasteiger partial charge in [0.1, 0.15) is 0 Å². The Morgan fingerprint density at radius 3 is 2.78 bits per heavy atom. The molecule has 0 spiro atoms. The molecule has 18 heavy (non-hydrogen) atoms. The summed E-state index contributed by atoms with van der Waals surface area (Å²) >= 11 is 13.0. The van der Waals surface area contributed by atoms with Gasteiger partial charge in [0.15, 0.2) is 0 Å². The van der Waals surface area contributed by atoms with Gasteiger partial charge in [0, 0.05) is 20.0 Å². The number of hydrogen-bond donors (Lipinski definition) is 2. The average molecular weight is 364 g/mol. The standard InChI is InChI=1S/C12H12BrClN2S2/c13-8-5-6-17-12(8)10(16-15)7-18-11-4-2-1-3-9(11)14/h1-6,10,16H,7,15H2. The number of hydrogen-bond acceptors (Lipinski definition) is 4. The van der Waals surface area contributed by atoms with Crippen molar-refractivity contribution in [1.82, 2.24) is 5.43 Å². The minimum Gasteiger partial charge on any atom is -0.271 e. The third-order valence-electron chi connectivity index (χ3n) is 2.40. The lowest BCUT2D eigenvalue weighted by Crippen LogP contribution is -2.29. The summed E-state index contributed by atoms with van der Waals surface area (Å²) in [5.74, 6) is 6.46. The first-order chi connectivity index (χ1) is 8.72. The predicted molar refractivity (Wildman–Crippen MR) is 84.3 cm³/mol. The maximum absolute atomic E-state index is 6.13. The van der Waals surface area contributed by atoms with Crippen LogP contribution in [0.3, 0.4) is 0 Å². The minimum atomic E-state index is 0.112. The van der Waals surface area contributed by atoms with Gasteiger partial charge in [-0.3, -0.25) is 11.3 Å². The number of nitrogens with one attached hydrogen (secondary N) is 1. The molecule has 3 N–H and O–H groups in total. The first kappa shape index (κ1) is 14.4. The maximum Gasteiger partial charge on any atom is 0.0658 e. The second-order valence-corrected chi connectivity index (χ2v) is 6.86. The highest BCUT2D eigenvalue weighted by Gasteiger charge is 2.15. The van der Waals surface area contributed by atoms with E-state index in [-0.39, 0.29) is 6.04 Å². The van der Waals surface area contributed by atoms with Crippen molar-refractivity contribution in [3.05, 3.63) is 50.1 Å². The van der Waals surface area contributed by atoms with Crippen molar-refractivity contribution in [3.63, 3.8) is 0 Å². The molecule has 0 fully saturated rings. The topological polar surface area (TPSA) is 38.0 Å². The van der Waals surface area contributed by atoms with Crippen molar-refractivity contribution in [2.45, 2.75) is 10.9 Å². The van der Waals surface area contributed by atoms with Crippen molar-refractivity contribution in [2.24, 2.45) is 5.84 Å². The Morgan fingerprint density at radius 2 is 2.17 bits per heavy atom. The molecule has 0 bridgehead atoms. The van der Waals surface area contributed by atoms with Crippen LogP contribution in [0.4, 0.5) is 0 Å². The van der Waals surface area contributed by atoms with Gasteiger partial charge in [-0.25, -0.2) is 0 Å². The zero-order chi connectivity index (χ0) is 13.0. The Kier molecular flexibility index (Phi) is 5.54. The molecule has 0 radical (unpaired) electrons. The van der Waals surface area contributed by atoms with Crippen molar-refractivity contribution >= 4 is 50.6 Å². The fourth-order valence-electron chi connectivity index (χ4n) is 1.49. The molecular weight excluding hydrogens is 352 g/mol. The number of rotatable bonds is 5. The lowest BCUT2D eigenvalue weighted by Gasteiger charge is -2.15. The van der Waals surface area contributed by atoms with E-state index in [0.717, 1.165) is 20.1 Å². The molecule has 0 amide bonds. The number of nitrogens with two attached hydrogens (primary N) is 1. The molecule has 1 aromatic carbocycles. The van der Waals surface area contributed by atoms with Gasteiger partial charge in [-0.2, -0.15) is 0 Å². The fourth-order valence-corrected chi connectivity index (χ4v) is 4.59. The molecule has 0 aliphatic carbocycles. The third kappa shape index (κ3) is 3.50. The molecule has 0 saturated heterocycles. The van der Waals surface area contributed by atoms with Gasteiger partial charge >= 0.3 is 0 Å². The van der Waals surface area contributed by atoms with Crippen LogP contribution in [-0.4, -0.2) is 5.75 Å². The summed E-state index contributed by atoms with van der Waals surface area (Å²) < 4.78 is 1.09. The van der Waals surface area contributed by atoms with E-state index in [1.165, 1.54) is 4.88 Å². The first-order valence-corrected chi connectivity index (χ1v) is 8.32. The smallest absolute Gasteiger partial charge is 0.0658 e. The molecule has 2 rings (SSSR count). The van der Waals surface area contributed by atoms with Crippen LogP contribution in [0.5, 0.6) is 0 Å². The van der Waals surface area contributed by atoms with E-state index in [1.807, 2.05) is 35.7 Å². The predicted octanol–water partition coefficient (Wildman–Crippen LogP) is 4.46. The van der Waals surface area contributed by atoms with Crippen LogP contribution in [0.2, 0.25) is 5.02 Å². The lowest BCUT2D eigenvalue weighted by molar-refractivity contribution is 0.618. The summed E-state index contributed by atoms with van der Waals surface area (Å²) in [4.78, 5) is 2.28. The number of thiophene rings is 1. The zero-order valence-electron chi connectivity index (χ0n) is 9.40. The molecule has 2 nitrogen and oxygen atoms in total. The maximum atomic E-state index is 6.13. The van der Waals surface area contributed by atoms with Crippen molar-refractivity contribution in [1.29, 1.82) is 0 Å². The van der Waals surface area contributed by atoms with Crippen LogP contribution in [0.15, 0.2) is 45.1 Å². The summed E-state index contributed by atoms with van der Waals surface area (Å²) in [5, 5.41) is 2.83. The molecule has 0 aliphatic rings. The summed E-state index contributed by atoms with van der Waals surface area (Å²) in [6.07, 6.45) is 0. The second kappa shape index (κ2) is 6.93. The van der Waals surface area contributed by atoms with E-state index in [4.69, 9.17) is 17.4 Å². The number of halogens is 2. The zero-order valence-corrected chi connectivity index (χ0v) is 13.4. The van der Waals surface area contributed by atoms with Crippen LogP contribution in [0.25, 0.3) is 0 Å². The second-order valence-electron chi connectivity index (χ2n) is 3.59. The van der Waals surface area contributed by atoms with Crippen LogP contribution in [0.1, 0.15) is 10.9 Å². The Bertz CT molecular complexity index is 518. The van der Waals surface area contributed by atoms with E-state index < -0.39 is 0 Å². The summed E-state index contributed by atoms with van der Waals surface area (Å²) in [6, 6.07) is 9.98. The highest BCUT2D eigenvalue weighted by Crippen LogP contribution is 2.34. The Labute approximate surface area is 128 Å². The average Bonchev–Trinajstić information content (AvgIpc) is 2.79. The first-order valence-electron chi connectivity index (χ1n) is 5.28. The lowest BCUT2D eigenvalue weighted by atomic mass is 10.3. The van der Waals surface area contributed by atoms with Crippen molar-refractivity contribution in [2.75, 3.05) is 5.75 Å². The van der Waals surface area contributed by atoms with E-state index in [0.29, 0.717) is 0 Å². The minimum absolute atomic E-state index is 0.112. The van der Waals surface area contributed by atoms with Crippen LogP contribution in [-0.2, 0) is 0 Å². The Morgan fingerprint density at radius 1 is 1.39 bits per heavy atom. The van der Waals surface area contributed by atoms with E-state index in [9.17, 15) is 0 Å². The van der Waals surface area contributed by atoms with Gasteiger partial charge in [-0.15, -0.1) is 23.1 Å². The van der Waals surface area contributed by atoms with Crippen LogP contribution >= 0.6 is 50.6 Å². The molecule has 1 aromatic heterocycles. The fraction of sp³-hybridized carbons (Fsp3) is 0.167. The van der Waals surface area contributed by atoms with Gasteiger partial charge in [0.05, 0.1) is 11.1 Å². The molecule has 1 unspecified atom stereocenters. The molecule has 96 valence electrons. The molecule has 2 aromatic rings. The summed E-state index contributed by atoms with van der Waals surface area (Å²) in [6.45, 7) is 0. The molecule has 0 aliphatic heterocycles. The number of thioether (sulfide) groups is 1. The SMILES string of the molecule is NNC(CSc1ccccc1Cl)c1sccc1Br. The molecular formula is C12H12BrClN2S2. The van der Waals surface area contributed by atoms with E-state index >= 15 is 0 Å². The van der Waals surface area contributed by atoms with Crippen molar-refractivity contribution in [3.8, 4) is 0 Å². The Balaban J connectivity index is 2.05. The van der Waals surface area contributed by atoms with Crippen LogP contribution < -0.4 is 11.3 Å². The normalized spacial score (nSPS) is 12.6. The molecule has 1 atom stereocenters. The highest BCUT2D eigenvalue weighted by molar-refractivity contribution is 9.10. The van der Waals surface area contributed by atoms with E-state index in [2.05, 4.69) is 21.4 Å². The monoisotopic (exact) mass is 362 g/mol. The van der Waals surface area contributed by atoms with Crippen molar-refractivity contribution < 1.29 is 0 Å². The van der Waals surface area contributed by atoms with Gasteiger partial charge in [-0.1, -0.05) is 23.7 Å². The third-order valence-corrected chi connectivity index (χ3v) is 6.00. The van der Waals surface area contributed by atoms with Gasteiger partial charge in [0.2, 0.25) is 0 Å². The number of hydrazine groups is 1. The summed E-state index contributed by atoms with van der Waals surface area (Å²) in [7, 11) is 0. The molecule has 1 heterocycles. The highest BCUT2D eigenvalue weighted by atomic mass is 79.9. The van der Waals surface area contributed by atoms with Crippen LogP contribution in [0, 0.1) is 0 Å². The largest absolute Gasteiger partial charge is 0.271 e. The van der Waals surface area contributed by atoms with Gasteiger partial charge < -0.3 is 0 Å². The molecule has 6 heteroatoms. The summed E-state index contributed by atoms with van der Waals surface area (Å²) in [5.41, 5.74) is 2.85. The number of benzene rings is 1.